The Bertz CT molecular complexity index is 3060. The van der Waals surface area contributed by atoms with E-state index in [0.29, 0.717) is 0 Å². The number of hydrogen-bond donors (Lipinski definition) is 0. The number of hydrogen-bond acceptors (Lipinski definition) is 0. The quantitative estimate of drug-likeness (QED) is 0.123. The van der Waals surface area contributed by atoms with Crippen molar-refractivity contribution in [3.05, 3.63) is 187 Å². The molecule has 0 N–H and O–H groups in total. The second-order valence-electron chi connectivity index (χ2n) is 15.5. The topological polar surface area (TPSA) is 0 Å². The molecule has 9 aromatic carbocycles. The van der Waals surface area contributed by atoms with Crippen LogP contribution in [0.25, 0.3) is 88.3 Å². The molecule has 2 heteroatoms. The zero-order valence-electron chi connectivity index (χ0n) is 30.7. The molecule has 0 aromatic heterocycles. The van der Waals surface area contributed by atoms with Gasteiger partial charge in [-0.25, -0.2) is 0 Å². The van der Waals surface area contributed by atoms with E-state index >= 15 is 0 Å². The van der Waals surface area contributed by atoms with Crippen LogP contribution in [0.3, 0.4) is 0 Å². The van der Waals surface area contributed by atoms with Gasteiger partial charge in [0.25, 0.3) is 0 Å². The molecule has 0 saturated heterocycles. The van der Waals surface area contributed by atoms with Crippen molar-refractivity contribution in [2.45, 2.75) is 19.3 Å². The minimum atomic E-state index is -0.477. The summed E-state index contributed by atoms with van der Waals surface area (Å²) in [6.07, 6.45) is 0. The Balaban J connectivity index is 1.24. The maximum absolute atomic E-state index is 2.52. The summed E-state index contributed by atoms with van der Waals surface area (Å²) < 4.78 is 4.38. The average molecular weight is 817 g/mol. The van der Waals surface area contributed by atoms with Crippen LogP contribution < -0.4 is 13.2 Å². The summed E-state index contributed by atoms with van der Waals surface area (Å²) in [4.78, 5) is 0. The Hall–Kier alpha value is -5.41. The van der Waals surface area contributed by atoms with Gasteiger partial charge in [-0.2, -0.15) is 0 Å². The van der Waals surface area contributed by atoms with Crippen LogP contribution in [0.4, 0.5) is 0 Å². The zero-order chi connectivity index (χ0) is 36.8. The predicted octanol–water partition coefficient (Wildman–Crippen LogP) is 11.4. The van der Waals surface area contributed by atoms with Crippen molar-refractivity contribution >= 4 is 66.7 Å². The summed E-state index contributed by atoms with van der Waals surface area (Å²) in [5.41, 5.74) is 18.6. The molecule has 0 amide bonds. The molecule has 11 rings (SSSR count). The molecular formula is C53H35Ge2. The molecule has 0 spiro atoms. The molecule has 1 heterocycles. The first-order valence-electron chi connectivity index (χ1n) is 19.1. The fraction of sp³-hybridized carbons (Fsp3) is 0.0566. The maximum atomic E-state index is 2.52. The van der Waals surface area contributed by atoms with Gasteiger partial charge >= 0.3 is 340 Å². The van der Waals surface area contributed by atoms with Crippen LogP contribution in [0, 0.1) is 0 Å². The van der Waals surface area contributed by atoms with Gasteiger partial charge in [-0.05, 0) is 0 Å². The van der Waals surface area contributed by atoms with Crippen LogP contribution in [0.2, 0.25) is 0 Å². The van der Waals surface area contributed by atoms with Crippen LogP contribution in [-0.4, -0.2) is 31.9 Å². The van der Waals surface area contributed by atoms with Crippen LogP contribution in [0.5, 0.6) is 0 Å². The Labute approximate surface area is 337 Å². The second-order valence-corrected chi connectivity index (χ2v) is 19.3. The van der Waals surface area contributed by atoms with Gasteiger partial charge < -0.3 is 0 Å². The normalized spacial score (nSPS) is 13.4. The van der Waals surface area contributed by atoms with Crippen LogP contribution in [0.15, 0.2) is 176 Å². The van der Waals surface area contributed by atoms with Gasteiger partial charge in [0.1, 0.15) is 0 Å². The van der Waals surface area contributed by atoms with Crippen molar-refractivity contribution in [1.82, 2.24) is 0 Å². The number of fused-ring (bicyclic) bond motifs is 8. The minimum absolute atomic E-state index is 0.148. The summed E-state index contributed by atoms with van der Waals surface area (Å²) in [5, 5.41) is 5.21. The first-order valence-corrected chi connectivity index (χ1v) is 22.3. The zero-order valence-corrected chi connectivity index (χ0v) is 34.9. The third kappa shape index (κ3) is 4.97. The fourth-order valence-corrected chi connectivity index (χ4v) is 13.5. The number of benzene rings is 9. The van der Waals surface area contributed by atoms with Crippen molar-refractivity contribution in [3.63, 3.8) is 0 Å². The molecule has 9 aromatic rings. The van der Waals surface area contributed by atoms with E-state index in [9.17, 15) is 0 Å². The van der Waals surface area contributed by atoms with E-state index in [2.05, 4.69) is 206 Å². The van der Waals surface area contributed by atoms with Gasteiger partial charge in [-0.15, -0.1) is 0 Å². The van der Waals surface area contributed by atoms with Gasteiger partial charge in [0.05, 0.1) is 0 Å². The van der Waals surface area contributed by atoms with Gasteiger partial charge in [-0.1, -0.05) is 0 Å². The van der Waals surface area contributed by atoms with Gasteiger partial charge in [-0.3, -0.25) is 0 Å². The Morgan fingerprint density at radius 1 is 0.400 bits per heavy atom. The van der Waals surface area contributed by atoms with Crippen molar-refractivity contribution in [3.8, 4) is 66.8 Å². The van der Waals surface area contributed by atoms with Gasteiger partial charge in [0.2, 0.25) is 0 Å². The van der Waals surface area contributed by atoms with Crippen molar-refractivity contribution in [2.24, 2.45) is 0 Å². The third-order valence-electron chi connectivity index (χ3n) is 12.1. The molecule has 255 valence electrons. The molecule has 0 saturated carbocycles. The molecule has 2 aliphatic rings. The van der Waals surface area contributed by atoms with E-state index in [0.717, 1.165) is 0 Å². The Morgan fingerprint density at radius 3 is 1.71 bits per heavy atom. The summed E-state index contributed by atoms with van der Waals surface area (Å²) in [7, 11) is 0. The molecule has 5 radical (unpaired) electrons. The summed E-state index contributed by atoms with van der Waals surface area (Å²) in [6, 6.07) is 66.5. The van der Waals surface area contributed by atoms with E-state index in [1.165, 1.54) is 108 Å². The standard InChI is InChI=1S/C53H35Ge2/c1-53(2)47-27-6-3-17-37(47)41-23-12-26-44(51(41)53)50-39-21-10-19-34(32-14-9-15-33(30-32)35-16-4-7-28-48(35)54)45(39)31-46-36(20-11-22-40(46)50)42-24-13-25-43-38-18-5-8-29-49(38)55-52(42)43/h3-31H,1-2H3. The van der Waals surface area contributed by atoms with E-state index in [4.69, 9.17) is 0 Å². The van der Waals surface area contributed by atoms with E-state index in [-0.39, 0.29) is 5.41 Å². The Morgan fingerprint density at radius 2 is 0.927 bits per heavy atom. The Kier molecular flexibility index (Phi) is 7.53. The molecule has 0 nitrogen and oxygen atoms in total. The van der Waals surface area contributed by atoms with Gasteiger partial charge in [0, 0.05) is 0 Å². The van der Waals surface area contributed by atoms with Crippen molar-refractivity contribution < 1.29 is 0 Å². The van der Waals surface area contributed by atoms with E-state index in [1.54, 1.807) is 4.40 Å². The summed E-state index contributed by atoms with van der Waals surface area (Å²) >= 11 is 1.73. The second kappa shape index (κ2) is 12.6. The van der Waals surface area contributed by atoms with Crippen molar-refractivity contribution in [2.75, 3.05) is 0 Å². The molecule has 0 fully saturated rings. The fourth-order valence-electron chi connectivity index (χ4n) is 9.69. The molecule has 55 heavy (non-hydrogen) atoms. The summed E-state index contributed by atoms with van der Waals surface area (Å²) in [6.45, 7) is 4.83. The SMILES string of the molecule is CC1(C)c2ccccc2-c2cccc(-c3c4cccc(-c5cccc(-c6cccc[c]6[Ge])c5)c4cc4c(-c5cccc6[c]5[Ge][c]5ccccc5-6)cccc34)c21. The van der Waals surface area contributed by atoms with Gasteiger partial charge in [0.15, 0.2) is 0 Å². The van der Waals surface area contributed by atoms with Crippen LogP contribution in [0.1, 0.15) is 25.0 Å². The molecule has 1 aliphatic carbocycles. The average Bonchev–Trinajstić information content (AvgIpc) is 3.72. The molecule has 0 bridgehead atoms. The predicted molar refractivity (Wildman–Crippen MR) is 237 cm³/mol. The molecule has 0 unspecified atom stereocenters. The molecule has 1 aliphatic heterocycles. The van der Waals surface area contributed by atoms with E-state index < -0.39 is 15.4 Å². The van der Waals surface area contributed by atoms with Crippen molar-refractivity contribution in [1.29, 1.82) is 0 Å². The first kappa shape index (κ1) is 33.0. The molecular weight excluding hydrogens is 782 g/mol. The monoisotopic (exact) mass is 819 g/mol. The van der Waals surface area contributed by atoms with E-state index in [1.807, 2.05) is 0 Å². The van der Waals surface area contributed by atoms with Crippen LogP contribution >= 0.6 is 0 Å². The first-order chi connectivity index (χ1) is 27.0. The number of rotatable bonds is 4. The third-order valence-corrected chi connectivity index (χ3v) is 16.2. The van der Waals surface area contributed by atoms with Crippen LogP contribution in [-0.2, 0) is 5.41 Å². The molecule has 0 atom stereocenters. The summed E-state index contributed by atoms with van der Waals surface area (Å²) in [5.74, 6) is 0.